The minimum absolute atomic E-state index is 0.181. The van der Waals surface area contributed by atoms with E-state index >= 15 is 0 Å². The third-order valence-corrected chi connectivity index (χ3v) is 2.63. The lowest BCUT2D eigenvalue weighted by molar-refractivity contribution is -0.255. The van der Waals surface area contributed by atoms with Crippen LogP contribution in [0.3, 0.4) is 0 Å². The maximum Gasteiger partial charge on any atom is 0.275 e. The van der Waals surface area contributed by atoms with Crippen LogP contribution < -0.4 is 16.0 Å². The molecule has 0 spiro atoms. The molecule has 7 heteroatoms. The van der Waals surface area contributed by atoms with E-state index in [4.69, 9.17) is 0 Å². The van der Waals surface area contributed by atoms with E-state index in [0.717, 1.165) is 4.68 Å². The number of rotatable bonds is 3. The van der Waals surface area contributed by atoms with E-state index in [-0.39, 0.29) is 23.0 Å². The van der Waals surface area contributed by atoms with Gasteiger partial charge in [0.2, 0.25) is 5.91 Å². The smallest absolute Gasteiger partial charge is 0.275 e. The Kier molecular flexibility index (Phi) is 3.28. The number of carboxylic acid groups (broad SMARTS) is 1. The van der Waals surface area contributed by atoms with Crippen LogP contribution in [-0.4, -0.2) is 28.7 Å². The predicted octanol–water partition coefficient (Wildman–Crippen LogP) is -1.49. The third kappa shape index (κ3) is 2.30. The number of hydrogen-bond donors (Lipinski definition) is 1. The first-order valence-corrected chi connectivity index (χ1v) is 5.46. The Hall–Kier alpha value is -2.70. The molecule has 2 rings (SSSR count). The summed E-state index contributed by atoms with van der Waals surface area (Å²) in [6.45, 7) is -0.347. The van der Waals surface area contributed by atoms with Gasteiger partial charge in [0.15, 0.2) is 0 Å². The molecule has 0 radical (unpaired) electrons. The highest BCUT2D eigenvalue weighted by molar-refractivity contribution is 6.00. The first-order valence-electron chi connectivity index (χ1n) is 5.46. The van der Waals surface area contributed by atoms with Gasteiger partial charge in [0.25, 0.3) is 5.56 Å². The fourth-order valence-electron chi connectivity index (χ4n) is 1.71. The van der Waals surface area contributed by atoms with Crippen LogP contribution in [0.15, 0.2) is 29.1 Å². The summed E-state index contributed by atoms with van der Waals surface area (Å²) >= 11 is 0. The molecule has 0 atom stereocenters. The average Bonchev–Trinajstić information content (AvgIpc) is 2.41. The van der Waals surface area contributed by atoms with Crippen LogP contribution in [0.2, 0.25) is 0 Å². The third-order valence-electron chi connectivity index (χ3n) is 2.63. The molecule has 0 unspecified atom stereocenters. The number of hydrogen-bond acceptors (Lipinski definition) is 5. The van der Waals surface area contributed by atoms with Crippen molar-refractivity contribution in [1.29, 1.82) is 0 Å². The zero-order chi connectivity index (χ0) is 14.0. The molecule has 1 aromatic carbocycles. The molecule has 0 aliphatic heterocycles. The second-order valence-corrected chi connectivity index (χ2v) is 3.82. The molecule has 0 saturated carbocycles. The highest BCUT2D eigenvalue weighted by Gasteiger charge is 2.12. The van der Waals surface area contributed by atoms with Gasteiger partial charge in [-0.3, -0.25) is 9.59 Å². The summed E-state index contributed by atoms with van der Waals surface area (Å²) in [4.78, 5) is 34.4. The van der Waals surface area contributed by atoms with Crippen LogP contribution in [-0.2, 0) is 11.3 Å². The summed E-state index contributed by atoms with van der Waals surface area (Å²) < 4.78 is 0.812. The minimum atomic E-state index is -1.50. The molecule has 0 aliphatic carbocycles. The van der Waals surface area contributed by atoms with Gasteiger partial charge in [-0.1, -0.05) is 18.2 Å². The summed E-state index contributed by atoms with van der Waals surface area (Å²) in [5.74, 6) is -1.95. The van der Waals surface area contributed by atoms with E-state index in [1.165, 1.54) is 19.2 Å². The van der Waals surface area contributed by atoms with Crippen molar-refractivity contribution in [2.45, 2.75) is 6.54 Å². The van der Waals surface area contributed by atoms with Crippen molar-refractivity contribution < 1.29 is 14.7 Å². The van der Waals surface area contributed by atoms with E-state index < -0.39 is 17.4 Å². The largest absolute Gasteiger partial charge is 0.543 e. The van der Waals surface area contributed by atoms with E-state index in [1.54, 1.807) is 12.1 Å². The second-order valence-electron chi connectivity index (χ2n) is 3.82. The van der Waals surface area contributed by atoms with E-state index in [2.05, 4.69) is 10.4 Å². The van der Waals surface area contributed by atoms with Gasteiger partial charge in [-0.25, -0.2) is 4.68 Å². The standard InChI is InChI=1S/C12H11N3O4/c1-13-9(16)6-15-11(17)8-5-3-2-4-7(8)10(14-15)12(18)19/h2-5H,6H2,1H3,(H,13,16)(H,18,19)/p-1. The highest BCUT2D eigenvalue weighted by Crippen LogP contribution is 2.12. The average molecular weight is 260 g/mol. The molecule has 1 amide bonds. The molecule has 98 valence electrons. The van der Waals surface area contributed by atoms with Crippen molar-refractivity contribution in [3.63, 3.8) is 0 Å². The van der Waals surface area contributed by atoms with Crippen LogP contribution in [0.25, 0.3) is 10.8 Å². The number of benzene rings is 1. The van der Waals surface area contributed by atoms with Crippen molar-refractivity contribution in [1.82, 2.24) is 15.1 Å². The van der Waals surface area contributed by atoms with Crippen LogP contribution in [0.1, 0.15) is 10.5 Å². The predicted molar refractivity (Wildman–Crippen MR) is 64.4 cm³/mol. The number of carbonyl (C=O) groups excluding carboxylic acids is 2. The first-order chi connectivity index (χ1) is 9.04. The number of aromatic nitrogens is 2. The Labute approximate surface area is 107 Å². The number of nitrogens with one attached hydrogen (secondary N) is 1. The number of carboxylic acids is 1. The first kappa shape index (κ1) is 12.7. The number of likely N-dealkylation sites (N-methyl/N-ethyl adjacent to an activating group) is 1. The summed E-state index contributed by atoms with van der Waals surface area (Å²) in [5, 5.41) is 17.4. The van der Waals surface area contributed by atoms with Crippen molar-refractivity contribution >= 4 is 22.6 Å². The zero-order valence-electron chi connectivity index (χ0n) is 10.0. The van der Waals surface area contributed by atoms with Gasteiger partial charge in [-0.05, 0) is 6.07 Å². The minimum Gasteiger partial charge on any atom is -0.543 e. The fraction of sp³-hybridized carbons (Fsp3) is 0.167. The zero-order valence-corrected chi connectivity index (χ0v) is 10.0. The van der Waals surface area contributed by atoms with Crippen molar-refractivity contribution in [3.05, 3.63) is 40.3 Å². The lowest BCUT2D eigenvalue weighted by Gasteiger charge is -2.10. The van der Waals surface area contributed by atoms with Crippen molar-refractivity contribution in [2.75, 3.05) is 7.05 Å². The molecular weight excluding hydrogens is 250 g/mol. The Balaban J connectivity index is 2.73. The number of nitrogens with zero attached hydrogens (tertiary/aromatic N) is 2. The molecule has 0 bridgehead atoms. The van der Waals surface area contributed by atoms with Gasteiger partial charge < -0.3 is 15.2 Å². The summed E-state index contributed by atoms with van der Waals surface area (Å²) in [5.41, 5.74) is -0.886. The Morgan fingerprint density at radius 3 is 2.53 bits per heavy atom. The molecule has 1 aromatic heterocycles. The van der Waals surface area contributed by atoms with Gasteiger partial charge in [-0.2, -0.15) is 5.10 Å². The molecule has 0 aliphatic rings. The molecular formula is C12H10N3O4-. The number of carbonyl (C=O) groups is 2. The summed E-state index contributed by atoms with van der Waals surface area (Å²) in [6, 6.07) is 6.15. The van der Waals surface area contributed by atoms with Gasteiger partial charge in [0.1, 0.15) is 12.2 Å². The number of fused-ring (bicyclic) bond motifs is 1. The van der Waals surface area contributed by atoms with Crippen LogP contribution in [0.4, 0.5) is 0 Å². The Morgan fingerprint density at radius 1 is 1.32 bits per heavy atom. The van der Waals surface area contributed by atoms with Gasteiger partial charge in [0, 0.05) is 12.4 Å². The van der Waals surface area contributed by atoms with Gasteiger partial charge in [-0.15, -0.1) is 0 Å². The number of aromatic carboxylic acids is 1. The molecule has 1 heterocycles. The summed E-state index contributed by atoms with van der Waals surface area (Å²) in [6.07, 6.45) is 0. The van der Waals surface area contributed by atoms with Crippen LogP contribution in [0, 0.1) is 0 Å². The molecule has 2 aromatic rings. The molecule has 7 nitrogen and oxygen atoms in total. The normalized spacial score (nSPS) is 10.4. The monoisotopic (exact) mass is 260 g/mol. The lowest BCUT2D eigenvalue weighted by Crippen LogP contribution is -2.35. The maximum atomic E-state index is 12.1. The van der Waals surface area contributed by atoms with Gasteiger partial charge >= 0.3 is 0 Å². The fourth-order valence-corrected chi connectivity index (χ4v) is 1.71. The van der Waals surface area contributed by atoms with Crippen molar-refractivity contribution in [3.8, 4) is 0 Å². The van der Waals surface area contributed by atoms with E-state index in [9.17, 15) is 19.5 Å². The second kappa shape index (κ2) is 4.89. The van der Waals surface area contributed by atoms with E-state index in [0.29, 0.717) is 0 Å². The molecule has 0 fully saturated rings. The topological polar surface area (TPSA) is 104 Å². The quantitative estimate of drug-likeness (QED) is 0.723. The molecule has 19 heavy (non-hydrogen) atoms. The Morgan fingerprint density at radius 2 is 1.95 bits per heavy atom. The maximum absolute atomic E-state index is 12.1. The summed E-state index contributed by atoms with van der Waals surface area (Å²) in [7, 11) is 1.41. The van der Waals surface area contributed by atoms with Crippen LogP contribution >= 0.6 is 0 Å². The molecule has 0 saturated heterocycles. The SMILES string of the molecule is CNC(=O)Cn1nc(C(=O)[O-])c2ccccc2c1=O. The number of amides is 1. The van der Waals surface area contributed by atoms with Crippen molar-refractivity contribution in [2.24, 2.45) is 0 Å². The molecule has 1 N–H and O–H groups in total. The van der Waals surface area contributed by atoms with E-state index in [1.807, 2.05) is 0 Å². The highest BCUT2D eigenvalue weighted by atomic mass is 16.4. The lowest BCUT2D eigenvalue weighted by atomic mass is 10.1. The Bertz CT molecular complexity index is 720. The van der Waals surface area contributed by atoms with Gasteiger partial charge in [0.05, 0.1) is 11.4 Å². The van der Waals surface area contributed by atoms with Crippen LogP contribution in [0.5, 0.6) is 0 Å².